The highest BCUT2D eigenvalue weighted by Gasteiger charge is 2.32. The lowest BCUT2D eigenvalue weighted by Crippen LogP contribution is -2.41. The standard InChI is InChI=1S/C32H40N2O4/c1-6-33(7-2)30(36)23-17-15-22(16-18-23)29(35)27-20-19-26(24-12-8-9-13-25(24)27)28-14-10-11-21-34(28)31(37)38-32(3,4)5/h8-9,12-13,15-20,28-29,35H,6-7,10-11,14,21H2,1-5H3. The summed E-state index contributed by atoms with van der Waals surface area (Å²) >= 11 is 0. The second kappa shape index (κ2) is 11.6. The van der Waals surface area contributed by atoms with Crippen molar-refractivity contribution in [1.29, 1.82) is 0 Å². The molecule has 2 amide bonds. The van der Waals surface area contributed by atoms with Crippen molar-refractivity contribution in [2.45, 2.75) is 71.6 Å². The maximum absolute atomic E-state index is 13.1. The third-order valence-corrected chi connectivity index (χ3v) is 7.30. The summed E-state index contributed by atoms with van der Waals surface area (Å²) in [7, 11) is 0. The summed E-state index contributed by atoms with van der Waals surface area (Å²) in [5.74, 6) is -0.00661. The van der Waals surface area contributed by atoms with Gasteiger partial charge < -0.3 is 19.6 Å². The smallest absolute Gasteiger partial charge is 0.410 e. The van der Waals surface area contributed by atoms with E-state index in [1.54, 1.807) is 17.0 Å². The average Bonchev–Trinajstić information content (AvgIpc) is 2.92. The first-order valence-electron chi connectivity index (χ1n) is 13.7. The van der Waals surface area contributed by atoms with Crippen LogP contribution >= 0.6 is 0 Å². The number of piperidine rings is 1. The largest absolute Gasteiger partial charge is 0.444 e. The minimum atomic E-state index is -0.847. The molecule has 3 aromatic rings. The fraction of sp³-hybridized carbons (Fsp3) is 0.438. The normalized spacial score (nSPS) is 16.8. The second-order valence-corrected chi connectivity index (χ2v) is 11.0. The summed E-state index contributed by atoms with van der Waals surface area (Å²) in [4.78, 5) is 29.4. The van der Waals surface area contributed by atoms with E-state index in [1.807, 2.05) is 82.0 Å². The van der Waals surface area contributed by atoms with Crippen molar-refractivity contribution in [3.8, 4) is 0 Å². The summed E-state index contributed by atoms with van der Waals surface area (Å²) in [6.07, 6.45) is 1.74. The highest BCUT2D eigenvalue weighted by atomic mass is 16.6. The molecular formula is C32H40N2O4. The molecule has 0 spiro atoms. The fourth-order valence-electron chi connectivity index (χ4n) is 5.35. The molecule has 2 unspecified atom stereocenters. The zero-order chi connectivity index (χ0) is 27.4. The molecule has 3 aromatic carbocycles. The number of amides is 2. The van der Waals surface area contributed by atoms with E-state index in [0.29, 0.717) is 25.2 Å². The molecule has 0 aromatic heterocycles. The lowest BCUT2D eigenvalue weighted by atomic mass is 9.87. The number of hydrogen-bond donors (Lipinski definition) is 1. The summed E-state index contributed by atoms with van der Waals surface area (Å²) in [5, 5.41) is 13.4. The minimum Gasteiger partial charge on any atom is -0.444 e. The molecule has 1 aliphatic rings. The van der Waals surface area contributed by atoms with Gasteiger partial charge in [0.1, 0.15) is 11.7 Å². The van der Waals surface area contributed by atoms with Crippen LogP contribution in [-0.4, -0.2) is 52.1 Å². The van der Waals surface area contributed by atoms with Gasteiger partial charge in [0, 0.05) is 25.2 Å². The van der Waals surface area contributed by atoms with Gasteiger partial charge in [-0.3, -0.25) is 4.79 Å². The number of ether oxygens (including phenoxy) is 1. The highest BCUT2D eigenvalue weighted by molar-refractivity contribution is 5.94. The molecule has 6 nitrogen and oxygen atoms in total. The first kappa shape index (κ1) is 27.6. The number of rotatable bonds is 6. The number of hydrogen-bond acceptors (Lipinski definition) is 4. The van der Waals surface area contributed by atoms with Gasteiger partial charge in [0.05, 0.1) is 6.04 Å². The van der Waals surface area contributed by atoms with Crippen molar-refractivity contribution < 1.29 is 19.4 Å². The maximum atomic E-state index is 13.1. The Morgan fingerprint density at radius 1 is 0.974 bits per heavy atom. The van der Waals surface area contributed by atoms with Crippen LogP contribution in [0.4, 0.5) is 4.79 Å². The first-order valence-corrected chi connectivity index (χ1v) is 13.7. The van der Waals surface area contributed by atoms with E-state index in [9.17, 15) is 14.7 Å². The molecule has 0 radical (unpaired) electrons. The van der Waals surface area contributed by atoms with Crippen molar-refractivity contribution in [3.63, 3.8) is 0 Å². The Hall–Kier alpha value is -3.38. The molecule has 0 aliphatic carbocycles. The van der Waals surface area contributed by atoms with Crippen molar-refractivity contribution in [3.05, 3.63) is 82.9 Å². The molecular weight excluding hydrogens is 476 g/mol. The molecule has 1 aliphatic heterocycles. The van der Waals surface area contributed by atoms with Gasteiger partial charge in [0.25, 0.3) is 5.91 Å². The number of carbonyl (C=O) groups is 2. The van der Waals surface area contributed by atoms with Crippen molar-refractivity contribution >= 4 is 22.8 Å². The molecule has 0 saturated carbocycles. The van der Waals surface area contributed by atoms with Crippen LogP contribution < -0.4 is 0 Å². The average molecular weight is 517 g/mol. The molecule has 4 rings (SSSR count). The van der Waals surface area contributed by atoms with Gasteiger partial charge in [-0.25, -0.2) is 4.79 Å². The molecule has 1 fully saturated rings. The molecule has 1 saturated heterocycles. The summed E-state index contributed by atoms with van der Waals surface area (Å²) in [5.41, 5.74) is 2.66. The number of nitrogens with zero attached hydrogens (tertiary/aromatic N) is 2. The Morgan fingerprint density at radius 3 is 2.26 bits per heavy atom. The molecule has 2 atom stereocenters. The number of carbonyl (C=O) groups excluding carboxylic acids is 2. The predicted molar refractivity (Wildman–Crippen MR) is 151 cm³/mol. The van der Waals surface area contributed by atoms with Crippen LogP contribution in [0.3, 0.4) is 0 Å². The van der Waals surface area contributed by atoms with Crippen LogP contribution in [0.5, 0.6) is 0 Å². The quantitative estimate of drug-likeness (QED) is 0.388. The number of likely N-dealkylation sites (tertiary alicyclic amines) is 1. The first-order chi connectivity index (χ1) is 18.1. The van der Waals surface area contributed by atoms with Crippen LogP contribution in [0.1, 0.15) is 93.1 Å². The Balaban J connectivity index is 1.67. The molecule has 38 heavy (non-hydrogen) atoms. The molecule has 1 N–H and O–H groups in total. The van der Waals surface area contributed by atoms with Crippen LogP contribution in [0.25, 0.3) is 10.8 Å². The minimum absolute atomic E-state index is 0.00661. The van der Waals surface area contributed by atoms with E-state index in [4.69, 9.17) is 4.74 Å². The highest BCUT2D eigenvalue weighted by Crippen LogP contribution is 2.39. The van der Waals surface area contributed by atoms with E-state index < -0.39 is 11.7 Å². The lowest BCUT2D eigenvalue weighted by Gasteiger charge is -2.37. The summed E-state index contributed by atoms with van der Waals surface area (Å²) < 4.78 is 5.74. The fourth-order valence-corrected chi connectivity index (χ4v) is 5.35. The molecule has 6 heteroatoms. The summed E-state index contributed by atoms with van der Waals surface area (Å²) in [6, 6.07) is 19.2. The van der Waals surface area contributed by atoms with E-state index in [2.05, 4.69) is 6.07 Å². The number of aliphatic hydroxyl groups excluding tert-OH is 1. The summed E-state index contributed by atoms with van der Waals surface area (Å²) in [6.45, 7) is 11.6. The van der Waals surface area contributed by atoms with E-state index in [-0.39, 0.29) is 18.0 Å². The number of aliphatic hydroxyl groups is 1. The van der Waals surface area contributed by atoms with Gasteiger partial charge in [-0.15, -0.1) is 0 Å². The lowest BCUT2D eigenvalue weighted by molar-refractivity contribution is 0.00967. The van der Waals surface area contributed by atoms with Crippen molar-refractivity contribution in [2.24, 2.45) is 0 Å². The van der Waals surface area contributed by atoms with E-state index >= 15 is 0 Å². The van der Waals surface area contributed by atoms with E-state index in [1.165, 1.54) is 0 Å². The number of benzene rings is 3. The van der Waals surface area contributed by atoms with Crippen LogP contribution in [0.2, 0.25) is 0 Å². The maximum Gasteiger partial charge on any atom is 0.410 e. The zero-order valence-corrected chi connectivity index (χ0v) is 23.2. The predicted octanol–water partition coefficient (Wildman–Crippen LogP) is 6.87. The van der Waals surface area contributed by atoms with Gasteiger partial charge in [0.15, 0.2) is 0 Å². The van der Waals surface area contributed by atoms with Crippen LogP contribution in [-0.2, 0) is 4.74 Å². The SMILES string of the molecule is CCN(CC)C(=O)c1ccc(C(O)c2ccc(C3CCCCN3C(=O)OC(C)(C)C)c3ccccc23)cc1. The van der Waals surface area contributed by atoms with Gasteiger partial charge in [-0.1, -0.05) is 48.5 Å². The third-order valence-electron chi connectivity index (χ3n) is 7.30. The molecule has 1 heterocycles. The molecule has 202 valence electrons. The zero-order valence-electron chi connectivity index (χ0n) is 23.2. The Bertz CT molecular complexity index is 1270. The third kappa shape index (κ3) is 5.86. The second-order valence-electron chi connectivity index (χ2n) is 11.0. The topological polar surface area (TPSA) is 70.1 Å². The van der Waals surface area contributed by atoms with Crippen molar-refractivity contribution in [2.75, 3.05) is 19.6 Å². The van der Waals surface area contributed by atoms with Crippen LogP contribution in [0.15, 0.2) is 60.7 Å². The number of fused-ring (bicyclic) bond motifs is 1. The Morgan fingerprint density at radius 2 is 1.63 bits per heavy atom. The van der Waals surface area contributed by atoms with Gasteiger partial charge in [-0.05, 0) is 93.5 Å². The van der Waals surface area contributed by atoms with Crippen LogP contribution in [0, 0.1) is 0 Å². The molecule has 0 bridgehead atoms. The van der Waals surface area contributed by atoms with Gasteiger partial charge in [-0.2, -0.15) is 0 Å². The monoisotopic (exact) mass is 516 g/mol. The van der Waals surface area contributed by atoms with Gasteiger partial charge >= 0.3 is 6.09 Å². The van der Waals surface area contributed by atoms with Gasteiger partial charge in [0.2, 0.25) is 0 Å². The Labute approximate surface area is 226 Å². The Kier molecular flexibility index (Phi) is 8.41. The van der Waals surface area contributed by atoms with E-state index in [0.717, 1.165) is 46.7 Å². The van der Waals surface area contributed by atoms with Crippen molar-refractivity contribution in [1.82, 2.24) is 9.80 Å².